The molecule has 70 valence electrons. The van der Waals surface area contributed by atoms with Gasteiger partial charge in [-0.2, -0.15) is 0 Å². The molecule has 0 aliphatic heterocycles. The maximum atomic E-state index is 10.9. The number of benzene rings is 1. The number of rotatable bonds is 2. The molecule has 0 aliphatic carbocycles. The molecule has 0 atom stereocenters. The fourth-order valence-electron chi connectivity index (χ4n) is 1.05. The molecule has 0 bridgehead atoms. The first kappa shape index (κ1) is 8.23. The number of aromatic nitrogens is 2. The van der Waals surface area contributed by atoms with Gasteiger partial charge in [0.1, 0.15) is 11.4 Å². The first-order valence-electron chi connectivity index (χ1n) is 3.46. The van der Waals surface area contributed by atoms with Gasteiger partial charge in [0.15, 0.2) is 0 Å². The second-order valence-electron chi connectivity index (χ2n) is 2.44. The average molecular weight is 194 g/mol. The molecular weight excluding hydrogens is 192 g/mol. The van der Waals surface area contributed by atoms with Gasteiger partial charge in [0, 0.05) is 17.3 Å². The van der Waals surface area contributed by atoms with E-state index in [9.17, 15) is 15.0 Å². The smallest absolute Gasteiger partial charge is 0.251 e. The predicted molar refractivity (Wildman–Crippen MR) is 43.9 cm³/mol. The Morgan fingerprint density at radius 3 is 2.57 bits per heavy atom. The first-order chi connectivity index (χ1) is 6.76. The molecule has 0 spiro atoms. The van der Waals surface area contributed by atoms with Gasteiger partial charge in [-0.25, -0.2) is 0 Å². The van der Waals surface area contributed by atoms with E-state index < -0.39 is 0 Å². The van der Waals surface area contributed by atoms with Crippen LogP contribution in [-0.2, 0) is 0 Å². The van der Waals surface area contributed by atoms with Gasteiger partial charge in [0.25, 0.3) is 5.52 Å². The summed E-state index contributed by atoms with van der Waals surface area (Å²) in [6, 6.07) is 2.24. The Hall–Kier alpha value is -2.38. The van der Waals surface area contributed by atoms with E-state index in [1.54, 1.807) is 0 Å². The van der Waals surface area contributed by atoms with Crippen LogP contribution >= 0.6 is 0 Å². The fourth-order valence-corrected chi connectivity index (χ4v) is 1.05. The van der Waals surface area contributed by atoms with Crippen molar-refractivity contribution in [3.05, 3.63) is 27.2 Å². The molecule has 0 fully saturated rings. The molecule has 0 unspecified atom stereocenters. The lowest BCUT2D eigenvalue weighted by molar-refractivity contribution is -0.782. The van der Waals surface area contributed by atoms with Crippen LogP contribution in [0, 0.1) is 15.0 Å². The number of fused-ring (bicyclic) bond motifs is 1. The first-order valence-corrected chi connectivity index (χ1v) is 3.46. The lowest BCUT2D eigenvalue weighted by atomic mass is 10.2. The highest BCUT2D eigenvalue weighted by Crippen LogP contribution is 2.30. The van der Waals surface area contributed by atoms with Crippen molar-refractivity contribution in [1.29, 1.82) is 0 Å². The molecule has 0 radical (unpaired) electrons. The Bertz CT molecular complexity index is 520. The van der Waals surface area contributed by atoms with Gasteiger partial charge in [-0.3, -0.25) is 4.63 Å². The molecule has 1 heterocycles. The predicted octanol–water partition coefficient (Wildman–Crippen LogP) is 1.26. The van der Waals surface area contributed by atoms with Crippen LogP contribution < -0.4 is 4.90 Å². The molecule has 0 N–H and O–H groups in total. The molecule has 0 aliphatic rings. The molecule has 0 saturated heterocycles. The van der Waals surface area contributed by atoms with Gasteiger partial charge >= 0.3 is 0 Å². The minimum absolute atomic E-state index is 0.0204. The van der Waals surface area contributed by atoms with Crippen LogP contribution in [0.2, 0.25) is 0 Å². The monoisotopic (exact) mass is 194 g/mol. The summed E-state index contributed by atoms with van der Waals surface area (Å²) in [4.78, 5) is 20.6. The molecular formula is C6H2N4O4. The molecule has 1 aromatic heterocycles. The van der Waals surface area contributed by atoms with Crippen LogP contribution in [0.1, 0.15) is 0 Å². The lowest BCUT2D eigenvalue weighted by Crippen LogP contribution is -2.22. The number of nitroso groups, excluding NO2 is 2. The van der Waals surface area contributed by atoms with Crippen molar-refractivity contribution in [2.24, 2.45) is 10.4 Å². The summed E-state index contributed by atoms with van der Waals surface area (Å²) in [5, 5.41) is 19.3. The SMILES string of the molecule is O=Nc1cc2no[n+]([O-])c2cc1N=O. The van der Waals surface area contributed by atoms with E-state index in [1.807, 2.05) is 0 Å². The summed E-state index contributed by atoms with van der Waals surface area (Å²) in [6.45, 7) is 0. The molecule has 8 heteroatoms. The summed E-state index contributed by atoms with van der Waals surface area (Å²) in [5.74, 6) is 0. The fraction of sp³-hybridized carbons (Fsp3) is 0. The normalized spacial score (nSPS) is 10.3. The van der Waals surface area contributed by atoms with Gasteiger partial charge in [-0.15, -0.1) is 9.81 Å². The van der Waals surface area contributed by atoms with Crippen LogP contribution in [0.3, 0.4) is 0 Å². The van der Waals surface area contributed by atoms with Crippen molar-refractivity contribution >= 4 is 22.4 Å². The zero-order chi connectivity index (χ0) is 10.1. The largest absolute Gasteiger partial charge is 0.359 e. The zero-order valence-electron chi connectivity index (χ0n) is 6.58. The van der Waals surface area contributed by atoms with Crippen molar-refractivity contribution in [3.8, 4) is 0 Å². The van der Waals surface area contributed by atoms with Crippen LogP contribution in [-0.4, -0.2) is 5.16 Å². The van der Waals surface area contributed by atoms with E-state index in [1.165, 1.54) is 0 Å². The van der Waals surface area contributed by atoms with E-state index in [2.05, 4.69) is 20.1 Å². The van der Waals surface area contributed by atoms with Gasteiger partial charge < -0.3 is 5.21 Å². The second kappa shape index (κ2) is 2.83. The summed E-state index contributed by atoms with van der Waals surface area (Å²) in [5.41, 5.74) is -0.240. The maximum Gasteiger partial charge on any atom is 0.251 e. The van der Waals surface area contributed by atoms with Crippen LogP contribution in [0.25, 0.3) is 11.0 Å². The van der Waals surface area contributed by atoms with Crippen LogP contribution in [0.5, 0.6) is 0 Å². The van der Waals surface area contributed by atoms with Gasteiger partial charge in [0.2, 0.25) is 5.52 Å². The molecule has 14 heavy (non-hydrogen) atoms. The molecule has 1 aromatic carbocycles. The average Bonchev–Trinajstić information content (AvgIpc) is 2.58. The van der Waals surface area contributed by atoms with E-state index in [0.717, 1.165) is 12.1 Å². The Kier molecular flexibility index (Phi) is 1.67. The minimum Gasteiger partial charge on any atom is -0.359 e. The van der Waals surface area contributed by atoms with Crippen molar-refractivity contribution < 1.29 is 9.53 Å². The number of hydrogen-bond donors (Lipinski definition) is 0. The standard InChI is InChI=1S/C6H2N4O4/c11-7-3-1-5-6(2-4(3)8-12)10(13)14-9-5/h1-2H. The van der Waals surface area contributed by atoms with Crippen molar-refractivity contribution in [2.45, 2.75) is 0 Å². The highest BCUT2D eigenvalue weighted by Gasteiger charge is 2.15. The van der Waals surface area contributed by atoms with Gasteiger partial charge in [0.05, 0.1) is 0 Å². The van der Waals surface area contributed by atoms with Gasteiger partial charge in [-0.1, -0.05) is 0 Å². The van der Waals surface area contributed by atoms with E-state index >= 15 is 0 Å². The molecule has 0 amide bonds. The van der Waals surface area contributed by atoms with Crippen LogP contribution in [0.4, 0.5) is 11.4 Å². The molecule has 2 rings (SSSR count). The number of hydrogen-bond acceptors (Lipinski definition) is 7. The molecule has 0 saturated carbocycles. The van der Waals surface area contributed by atoms with Gasteiger partial charge in [-0.05, 0) is 15.3 Å². The van der Waals surface area contributed by atoms with E-state index in [4.69, 9.17) is 0 Å². The van der Waals surface area contributed by atoms with Crippen LogP contribution in [0.15, 0.2) is 27.1 Å². The molecule has 8 nitrogen and oxygen atoms in total. The highest BCUT2D eigenvalue weighted by atomic mass is 16.8. The Labute approximate surface area is 75.6 Å². The maximum absolute atomic E-state index is 10.9. The van der Waals surface area contributed by atoms with E-state index in [-0.39, 0.29) is 27.3 Å². The third-order valence-corrected chi connectivity index (χ3v) is 1.68. The second-order valence-corrected chi connectivity index (χ2v) is 2.44. The number of nitrogens with zero attached hydrogens (tertiary/aromatic N) is 4. The summed E-state index contributed by atoms with van der Waals surface area (Å²) in [7, 11) is 0. The third-order valence-electron chi connectivity index (χ3n) is 1.68. The van der Waals surface area contributed by atoms with Crippen molar-refractivity contribution in [3.63, 3.8) is 0 Å². The summed E-state index contributed by atoms with van der Waals surface area (Å²) in [6.07, 6.45) is 0. The lowest BCUT2D eigenvalue weighted by Gasteiger charge is -1.90. The Morgan fingerprint density at radius 1 is 1.29 bits per heavy atom. The zero-order valence-corrected chi connectivity index (χ0v) is 6.58. The van der Waals surface area contributed by atoms with Crippen molar-refractivity contribution in [1.82, 2.24) is 5.16 Å². The third kappa shape index (κ3) is 1.01. The summed E-state index contributed by atoms with van der Waals surface area (Å²) < 4.78 is 4.24. The molecule has 2 aromatic rings. The van der Waals surface area contributed by atoms with E-state index in [0.29, 0.717) is 0 Å². The van der Waals surface area contributed by atoms with Crippen molar-refractivity contribution in [2.75, 3.05) is 0 Å². The Morgan fingerprint density at radius 2 is 1.93 bits per heavy atom. The quantitative estimate of drug-likeness (QED) is 0.527. The summed E-state index contributed by atoms with van der Waals surface area (Å²) >= 11 is 0. The minimum atomic E-state index is -0.222. The topological polar surface area (TPSA) is 112 Å². The highest BCUT2D eigenvalue weighted by molar-refractivity contribution is 5.82. The Balaban J connectivity index is 2.83.